The van der Waals surface area contributed by atoms with Gasteiger partial charge >= 0.3 is 0 Å². The van der Waals surface area contributed by atoms with Crippen LogP contribution in [-0.2, 0) is 0 Å². The summed E-state index contributed by atoms with van der Waals surface area (Å²) in [4.78, 5) is 0. The van der Waals surface area contributed by atoms with Gasteiger partial charge < -0.3 is 5.11 Å². The minimum Gasteiger partial charge on any atom is -0.508 e. The maximum Gasteiger partial charge on any atom is 0.119 e. The average Bonchev–Trinajstić information content (AvgIpc) is 1.85. The highest BCUT2D eigenvalue weighted by Crippen LogP contribution is 2.25. The summed E-state index contributed by atoms with van der Waals surface area (Å²) in [5, 5.41) is 9.46. The molecule has 0 heterocycles. The highest BCUT2D eigenvalue weighted by Gasteiger charge is 2.03. The van der Waals surface area contributed by atoms with Gasteiger partial charge in [0.1, 0.15) is 5.75 Å². The summed E-state index contributed by atoms with van der Waals surface area (Å²) in [6.07, 6.45) is 0. The number of benzene rings is 1. The molecule has 3 heteroatoms. The first-order valence-electron chi connectivity index (χ1n) is 3.91. The molecule has 0 radical (unpaired) electrons. The summed E-state index contributed by atoms with van der Waals surface area (Å²) in [6.45, 7) is 6.12. The van der Waals surface area contributed by atoms with Crippen molar-refractivity contribution in [3.63, 3.8) is 0 Å². The summed E-state index contributed by atoms with van der Waals surface area (Å²) < 4.78 is 0. The van der Waals surface area contributed by atoms with Crippen molar-refractivity contribution in [2.24, 2.45) is 0 Å². The number of rotatable bonds is 1. The van der Waals surface area contributed by atoms with Crippen LogP contribution in [0.1, 0.15) is 30.9 Å². The second kappa shape index (κ2) is 6.86. The molecule has 0 unspecified atom stereocenters. The first kappa shape index (κ1) is 15.9. The van der Waals surface area contributed by atoms with Gasteiger partial charge in [0.2, 0.25) is 0 Å². The van der Waals surface area contributed by atoms with E-state index in [4.69, 9.17) is 0 Å². The Hall–Kier alpha value is 0.480. The predicted molar refractivity (Wildman–Crippen MR) is 77.8 cm³/mol. The zero-order valence-electron chi connectivity index (χ0n) is 8.07. The highest BCUT2D eigenvalue weighted by molar-refractivity contribution is 14.0. The summed E-state index contributed by atoms with van der Waals surface area (Å²) in [5.74, 6) is 0.815. The quantitative estimate of drug-likeness (QED) is 0.698. The van der Waals surface area contributed by atoms with Crippen molar-refractivity contribution in [2.45, 2.75) is 26.7 Å². The van der Waals surface area contributed by atoms with Crippen molar-refractivity contribution in [2.75, 3.05) is 0 Å². The first-order valence-corrected chi connectivity index (χ1v) is 3.91. The molecule has 0 amide bonds. The van der Waals surface area contributed by atoms with E-state index in [9.17, 15) is 5.11 Å². The maximum atomic E-state index is 9.46. The minimum absolute atomic E-state index is 0. The van der Waals surface area contributed by atoms with Crippen molar-refractivity contribution in [3.8, 4) is 5.75 Å². The number of halogens is 2. The van der Waals surface area contributed by atoms with Gasteiger partial charge in [0.05, 0.1) is 0 Å². The van der Waals surface area contributed by atoms with Gasteiger partial charge in [-0.2, -0.15) is 0 Å². The van der Waals surface area contributed by atoms with E-state index in [0.29, 0.717) is 11.7 Å². The number of hydrogen-bond acceptors (Lipinski definition) is 1. The molecular formula is C10H16I2O. The molecule has 0 aliphatic heterocycles. The standard InChI is InChI=1S/C10H14O.2HI/c1-7(2)9-5-4-8(3)6-10(9)11;;/h4-7,11H,1-3H3;2*1H. The predicted octanol–water partition coefficient (Wildman–Crippen LogP) is 4.06. The second-order valence-electron chi connectivity index (χ2n) is 3.22. The molecule has 0 saturated heterocycles. The van der Waals surface area contributed by atoms with E-state index in [2.05, 4.69) is 13.8 Å². The number of hydrogen-bond donors (Lipinski definition) is 1. The molecule has 0 aliphatic carbocycles. The summed E-state index contributed by atoms with van der Waals surface area (Å²) in [6, 6.07) is 5.81. The van der Waals surface area contributed by atoms with Crippen LogP contribution in [-0.4, -0.2) is 5.11 Å². The zero-order chi connectivity index (χ0) is 8.43. The molecule has 76 valence electrons. The van der Waals surface area contributed by atoms with E-state index < -0.39 is 0 Å². The Bertz CT molecular complexity index is 259. The van der Waals surface area contributed by atoms with Gasteiger partial charge in [0, 0.05) is 0 Å². The average molecular weight is 406 g/mol. The van der Waals surface area contributed by atoms with Gasteiger partial charge in [-0.05, 0) is 30.0 Å². The van der Waals surface area contributed by atoms with Crippen LogP contribution in [0, 0.1) is 6.92 Å². The fourth-order valence-electron chi connectivity index (χ4n) is 1.14. The molecule has 0 bridgehead atoms. The van der Waals surface area contributed by atoms with Crippen LogP contribution in [0.2, 0.25) is 0 Å². The fraction of sp³-hybridized carbons (Fsp3) is 0.400. The van der Waals surface area contributed by atoms with Crippen LogP contribution in [0.4, 0.5) is 0 Å². The van der Waals surface area contributed by atoms with Crippen molar-refractivity contribution < 1.29 is 5.11 Å². The van der Waals surface area contributed by atoms with E-state index in [1.807, 2.05) is 19.1 Å². The lowest BCUT2D eigenvalue weighted by atomic mass is 10.0. The molecule has 0 aliphatic rings. The monoisotopic (exact) mass is 406 g/mol. The highest BCUT2D eigenvalue weighted by atomic mass is 127. The molecule has 1 N–H and O–H groups in total. The Balaban J connectivity index is 0. The molecule has 0 aromatic heterocycles. The molecule has 1 aromatic rings. The van der Waals surface area contributed by atoms with Gasteiger partial charge in [-0.3, -0.25) is 0 Å². The number of phenolic OH excluding ortho intramolecular Hbond substituents is 1. The van der Waals surface area contributed by atoms with Crippen LogP contribution in [0.3, 0.4) is 0 Å². The lowest BCUT2D eigenvalue weighted by Gasteiger charge is -2.07. The smallest absolute Gasteiger partial charge is 0.119 e. The van der Waals surface area contributed by atoms with Gasteiger partial charge in [-0.25, -0.2) is 0 Å². The molecule has 0 spiro atoms. The van der Waals surface area contributed by atoms with Crippen molar-refractivity contribution >= 4 is 48.0 Å². The Kier molecular flexibility index (Phi) is 8.41. The van der Waals surface area contributed by atoms with Crippen LogP contribution in [0.15, 0.2) is 18.2 Å². The molecule has 1 rings (SSSR count). The zero-order valence-corrected chi connectivity index (χ0v) is 12.7. The summed E-state index contributed by atoms with van der Waals surface area (Å²) in [7, 11) is 0. The van der Waals surface area contributed by atoms with Crippen molar-refractivity contribution in [3.05, 3.63) is 29.3 Å². The molecule has 0 atom stereocenters. The van der Waals surface area contributed by atoms with Crippen molar-refractivity contribution in [1.29, 1.82) is 0 Å². The first-order chi connectivity index (χ1) is 5.11. The Morgan fingerprint density at radius 2 is 1.69 bits per heavy atom. The van der Waals surface area contributed by atoms with E-state index in [1.54, 1.807) is 6.07 Å². The number of aryl methyl sites for hydroxylation is 1. The van der Waals surface area contributed by atoms with Crippen LogP contribution < -0.4 is 0 Å². The molecule has 1 aromatic carbocycles. The Morgan fingerprint density at radius 1 is 1.15 bits per heavy atom. The second-order valence-corrected chi connectivity index (χ2v) is 3.22. The van der Waals surface area contributed by atoms with E-state index >= 15 is 0 Å². The summed E-state index contributed by atoms with van der Waals surface area (Å²) >= 11 is 0. The number of phenols is 1. The van der Waals surface area contributed by atoms with Gasteiger partial charge in [-0.1, -0.05) is 26.0 Å². The largest absolute Gasteiger partial charge is 0.508 e. The molecule has 1 nitrogen and oxygen atoms in total. The van der Waals surface area contributed by atoms with E-state index in [-0.39, 0.29) is 48.0 Å². The van der Waals surface area contributed by atoms with Gasteiger partial charge in [0.15, 0.2) is 0 Å². The van der Waals surface area contributed by atoms with Crippen molar-refractivity contribution in [1.82, 2.24) is 0 Å². The van der Waals surface area contributed by atoms with Crippen LogP contribution in [0.5, 0.6) is 5.75 Å². The van der Waals surface area contributed by atoms with Crippen LogP contribution >= 0.6 is 48.0 Å². The normalized spacial score (nSPS) is 8.92. The molecule has 0 fully saturated rings. The minimum atomic E-state index is 0. The molecule has 13 heavy (non-hydrogen) atoms. The fourth-order valence-corrected chi connectivity index (χ4v) is 1.14. The van der Waals surface area contributed by atoms with Gasteiger partial charge in [-0.15, -0.1) is 48.0 Å². The maximum absolute atomic E-state index is 9.46. The molecule has 0 saturated carbocycles. The lowest BCUT2D eigenvalue weighted by molar-refractivity contribution is 0.464. The molecular weight excluding hydrogens is 390 g/mol. The third-order valence-electron chi connectivity index (χ3n) is 1.81. The lowest BCUT2D eigenvalue weighted by Crippen LogP contribution is -1.87. The third-order valence-corrected chi connectivity index (χ3v) is 1.81. The van der Waals surface area contributed by atoms with E-state index in [1.165, 1.54) is 0 Å². The number of aromatic hydroxyl groups is 1. The third kappa shape index (κ3) is 4.49. The Labute approximate surface area is 114 Å². The summed E-state index contributed by atoms with van der Waals surface area (Å²) in [5.41, 5.74) is 2.13. The van der Waals surface area contributed by atoms with E-state index in [0.717, 1.165) is 11.1 Å². The van der Waals surface area contributed by atoms with Crippen LogP contribution in [0.25, 0.3) is 0 Å². The topological polar surface area (TPSA) is 20.2 Å². The Morgan fingerprint density at radius 3 is 2.08 bits per heavy atom. The van der Waals surface area contributed by atoms with Gasteiger partial charge in [0.25, 0.3) is 0 Å². The SMILES string of the molecule is Cc1ccc(C(C)C)c(O)c1.I.I.